The van der Waals surface area contributed by atoms with E-state index in [9.17, 15) is 13.2 Å². The van der Waals surface area contributed by atoms with Crippen molar-refractivity contribution in [2.45, 2.75) is 69.7 Å². The van der Waals surface area contributed by atoms with Crippen LogP contribution in [0.25, 0.3) is 6.08 Å². The number of thiol groups is 1. The Kier molecular flexibility index (Phi) is 12.2. The molecular formula is C26H42N4O4S. The number of hydrogen-bond donors (Lipinski definition) is 2. The number of nitrogens with zero attached hydrogens (tertiary/aromatic N) is 3. The maximum Gasteiger partial charge on any atom is 0.243 e. The summed E-state index contributed by atoms with van der Waals surface area (Å²) in [5.74, 6) is -0.108. The number of rotatable bonds is 15. The van der Waals surface area contributed by atoms with Gasteiger partial charge in [-0.1, -0.05) is 31.7 Å². The molecule has 1 amide bonds. The van der Waals surface area contributed by atoms with Crippen LogP contribution >= 0.6 is 0 Å². The Labute approximate surface area is 212 Å². The summed E-state index contributed by atoms with van der Waals surface area (Å²) in [5.41, 5.74) is 0.709. The summed E-state index contributed by atoms with van der Waals surface area (Å²) in [6, 6.07) is 3.73. The number of aromatic nitrogens is 1. The van der Waals surface area contributed by atoms with Crippen LogP contribution in [0.15, 0.2) is 30.6 Å². The van der Waals surface area contributed by atoms with Gasteiger partial charge in [0.1, 0.15) is 0 Å². The van der Waals surface area contributed by atoms with E-state index in [2.05, 4.69) is 15.2 Å². The van der Waals surface area contributed by atoms with E-state index in [0.717, 1.165) is 103 Å². The SMILES string of the molecule is O=C(/C=C/c1cccnc1)NCCCCCCN([SH](=O)=O)C1(CCCN2CCOCC2)CCCC1. The maximum atomic E-state index is 12.2. The van der Waals surface area contributed by atoms with Crippen LogP contribution in [0, 0.1) is 0 Å². The zero-order valence-corrected chi connectivity index (χ0v) is 21.8. The zero-order valence-electron chi connectivity index (χ0n) is 20.9. The van der Waals surface area contributed by atoms with Gasteiger partial charge in [-0.25, -0.2) is 8.42 Å². The second kappa shape index (κ2) is 15.3. The minimum Gasteiger partial charge on any atom is -0.379 e. The number of carbonyl (C=O) groups is 1. The lowest BCUT2D eigenvalue weighted by Crippen LogP contribution is -2.47. The molecule has 1 aliphatic heterocycles. The van der Waals surface area contributed by atoms with Gasteiger partial charge in [0, 0.05) is 50.2 Å². The highest BCUT2D eigenvalue weighted by Gasteiger charge is 2.40. The highest BCUT2D eigenvalue weighted by atomic mass is 32.2. The molecule has 1 N–H and O–H groups in total. The Bertz CT molecular complexity index is 842. The van der Waals surface area contributed by atoms with Crippen LogP contribution in [-0.4, -0.2) is 80.0 Å². The summed E-state index contributed by atoms with van der Waals surface area (Å²) >= 11 is 0. The van der Waals surface area contributed by atoms with Crippen molar-refractivity contribution < 1.29 is 17.9 Å². The monoisotopic (exact) mass is 506 g/mol. The molecule has 1 saturated heterocycles. The fraction of sp³-hybridized carbons (Fsp3) is 0.692. The third-order valence-corrected chi connectivity index (χ3v) is 8.23. The van der Waals surface area contributed by atoms with Crippen molar-refractivity contribution in [2.24, 2.45) is 0 Å². The molecule has 8 nitrogen and oxygen atoms in total. The number of carbonyl (C=O) groups excluding carboxylic acids is 1. The smallest absolute Gasteiger partial charge is 0.243 e. The van der Waals surface area contributed by atoms with Gasteiger partial charge in [0.25, 0.3) is 0 Å². The molecule has 2 heterocycles. The van der Waals surface area contributed by atoms with Crippen LogP contribution in [-0.2, 0) is 20.4 Å². The maximum absolute atomic E-state index is 12.2. The second-order valence-corrected chi connectivity index (χ2v) is 10.6. The van der Waals surface area contributed by atoms with E-state index in [4.69, 9.17) is 4.74 Å². The van der Waals surface area contributed by atoms with Crippen molar-refractivity contribution in [1.82, 2.24) is 19.5 Å². The number of amides is 1. The summed E-state index contributed by atoms with van der Waals surface area (Å²) in [4.78, 5) is 18.4. The van der Waals surface area contributed by atoms with Crippen LogP contribution in [0.4, 0.5) is 0 Å². The first-order chi connectivity index (χ1) is 17.1. The minimum absolute atomic E-state index is 0.108. The fourth-order valence-electron chi connectivity index (χ4n) is 5.28. The molecular weight excluding hydrogens is 464 g/mol. The second-order valence-electron chi connectivity index (χ2n) is 9.67. The summed E-state index contributed by atoms with van der Waals surface area (Å²) in [6.07, 6.45) is 16.6. The highest BCUT2D eigenvalue weighted by molar-refractivity contribution is 7.69. The normalized spacial score (nSPS) is 18.6. The van der Waals surface area contributed by atoms with Gasteiger partial charge in [-0.3, -0.25) is 14.7 Å². The number of pyridine rings is 1. The molecule has 3 rings (SSSR count). The number of hydrogen-bond acceptors (Lipinski definition) is 6. The van der Waals surface area contributed by atoms with E-state index in [0.29, 0.717) is 13.1 Å². The summed E-state index contributed by atoms with van der Waals surface area (Å²) in [6.45, 7) is 5.82. The number of unbranched alkanes of at least 4 members (excludes halogenated alkanes) is 3. The lowest BCUT2D eigenvalue weighted by atomic mass is 9.91. The predicted octanol–water partition coefficient (Wildman–Crippen LogP) is 3.03. The Morgan fingerprint density at radius 3 is 2.63 bits per heavy atom. The molecule has 0 unspecified atom stereocenters. The van der Waals surface area contributed by atoms with Crippen molar-refractivity contribution >= 4 is 22.9 Å². The average Bonchev–Trinajstić information content (AvgIpc) is 3.35. The molecule has 0 bridgehead atoms. The average molecular weight is 507 g/mol. The van der Waals surface area contributed by atoms with Gasteiger partial charge in [0.05, 0.1) is 13.2 Å². The van der Waals surface area contributed by atoms with Crippen LogP contribution in [0.1, 0.15) is 69.8 Å². The Morgan fingerprint density at radius 2 is 1.91 bits per heavy atom. The number of ether oxygens (including phenoxy) is 1. The van der Waals surface area contributed by atoms with Crippen molar-refractivity contribution in [1.29, 1.82) is 0 Å². The van der Waals surface area contributed by atoms with Crippen molar-refractivity contribution in [3.8, 4) is 0 Å². The Balaban J connectivity index is 1.33. The van der Waals surface area contributed by atoms with Gasteiger partial charge in [-0.2, -0.15) is 4.31 Å². The lowest BCUT2D eigenvalue weighted by molar-refractivity contribution is -0.116. The van der Waals surface area contributed by atoms with Gasteiger partial charge < -0.3 is 10.1 Å². The molecule has 0 radical (unpaired) electrons. The molecule has 0 spiro atoms. The molecule has 1 aliphatic carbocycles. The molecule has 0 atom stereocenters. The highest BCUT2D eigenvalue weighted by Crippen LogP contribution is 2.39. The van der Waals surface area contributed by atoms with Gasteiger partial charge in [0.15, 0.2) is 0 Å². The molecule has 196 valence electrons. The van der Waals surface area contributed by atoms with E-state index in [1.807, 2.05) is 12.1 Å². The molecule has 0 aromatic carbocycles. The van der Waals surface area contributed by atoms with Crippen LogP contribution in [0.5, 0.6) is 0 Å². The molecule has 2 fully saturated rings. The molecule has 1 aromatic rings. The molecule has 9 heteroatoms. The van der Waals surface area contributed by atoms with Gasteiger partial charge in [-0.05, 0) is 62.8 Å². The zero-order chi connectivity index (χ0) is 24.8. The summed E-state index contributed by atoms with van der Waals surface area (Å²) in [7, 11) is -2.58. The molecule has 1 saturated carbocycles. The number of nitrogens with one attached hydrogen (secondary N) is 1. The third-order valence-electron chi connectivity index (χ3n) is 7.21. The third kappa shape index (κ3) is 9.63. The first-order valence-electron chi connectivity index (χ1n) is 13.2. The van der Waals surface area contributed by atoms with E-state index in [-0.39, 0.29) is 11.4 Å². The predicted molar refractivity (Wildman–Crippen MR) is 139 cm³/mol. The van der Waals surface area contributed by atoms with E-state index in [1.165, 1.54) is 6.08 Å². The first kappa shape index (κ1) is 27.8. The van der Waals surface area contributed by atoms with Gasteiger partial charge in [-0.15, -0.1) is 0 Å². The van der Waals surface area contributed by atoms with Crippen molar-refractivity contribution in [3.05, 3.63) is 36.2 Å². The van der Waals surface area contributed by atoms with Crippen LogP contribution < -0.4 is 5.32 Å². The summed E-state index contributed by atoms with van der Waals surface area (Å²) in [5, 5.41) is 2.91. The Morgan fingerprint density at radius 1 is 1.14 bits per heavy atom. The fourth-order valence-corrected chi connectivity index (χ4v) is 6.23. The number of morpholine rings is 1. The van der Waals surface area contributed by atoms with E-state index < -0.39 is 10.9 Å². The van der Waals surface area contributed by atoms with Crippen molar-refractivity contribution in [3.63, 3.8) is 0 Å². The van der Waals surface area contributed by atoms with E-state index >= 15 is 0 Å². The first-order valence-corrected chi connectivity index (χ1v) is 14.3. The largest absolute Gasteiger partial charge is 0.379 e. The Hall–Kier alpha value is -1.81. The van der Waals surface area contributed by atoms with Crippen molar-refractivity contribution in [2.75, 3.05) is 45.9 Å². The molecule has 2 aliphatic rings. The van der Waals surface area contributed by atoms with Gasteiger partial charge in [0.2, 0.25) is 16.8 Å². The molecule has 35 heavy (non-hydrogen) atoms. The standard InChI is InChI=1S/C26H42N4O4S/c31-25(11-10-24-9-7-15-27-23-24)28-16-5-1-2-6-18-30(35(32)33)26(12-3-4-13-26)14-8-17-29-19-21-34-22-20-29/h7,9-11,15,23,35H,1-6,8,12-14,16-22H2,(H,28,31)/b11-10+. The van der Waals surface area contributed by atoms with Crippen LogP contribution in [0.3, 0.4) is 0 Å². The topological polar surface area (TPSA) is 91.8 Å². The summed E-state index contributed by atoms with van der Waals surface area (Å²) < 4.78 is 31.7. The van der Waals surface area contributed by atoms with Crippen LogP contribution in [0.2, 0.25) is 0 Å². The van der Waals surface area contributed by atoms with Gasteiger partial charge >= 0.3 is 0 Å². The molecule has 1 aromatic heterocycles. The van der Waals surface area contributed by atoms with E-state index in [1.54, 1.807) is 22.8 Å². The lowest BCUT2D eigenvalue weighted by Gasteiger charge is -2.38. The minimum atomic E-state index is -2.58. The quantitative estimate of drug-likeness (QED) is 0.216.